The van der Waals surface area contributed by atoms with Crippen LogP contribution in [0.5, 0.6) is 0 Å². The van der Waals surface area contributed by atoms with Crippen molar-refractivity contribution < 1.29 is 18.8 Å². The molecule has 4 rings (SSSR count). The quantitative estimate of drug-likeness (QED) is 0.556. The van der Waals surface area contributed by atoms with Crippen LogP contribution in [0, 0.1) is 0 Å². The van der Waals surface area contributed by atoms with Gasteiger partial charge in [-0.2, -0.15) is 10.1 Å². The second-order valence-electron chi connectivity index (χ2n) is 6.33. The predicted octanol–water partition coefficient (Wildman–Crippen LogP) is 2.91. The number of thiophene rings is 1. The second-order valence-corrected chi connectivity index (χ2v) is 7.28. The van der Waals surface area contributed by atoms with Crippen molar-refractivity contribution >= 4 is 28.9 Å². The zero-order valence-corrected chi connectivity index (χ0v) is 16.3. The van der Waals surface area contributed by atoms with Crippen LogP contribution in [-0.2, 0) is 20.7 Å². The molecular formula is C20H18N4O4S. The van der Waals surface area contributed by atoms with Gasteiger partial charge in [-0.3, -0.25) is 9.59 Å². The molecule has 0 fully saturated rings. The van der Waals surface area contributed by atoms with Crippen LogP contribution in [0.1, 0.15) is 24.3 Å². The van der Waals surface area contributed by atoms with E-state index in [4.69, 9.17) is 9.26 Å². The van der Waals surface area contributed by atoms with E-state index in [-0.39, 0.29) is 25.4 Å². The molecule has 2 aromatic heterocycles. The third kappa shape index (κ3) is 4.75. The van der Waals surface area contributed by atoms with Crippen LogP contribution < -0.4 is 0 Å². The second kappa shape index (κ2) is 8.78. The molecule has 1 aliphatic heterocycles. The van der Waals surface area contributed by atoms with Gasteiger partial charge in [-0.15, -0.1) is 11.3 Å². The van der Waals surface area contributed by atoms with Crippen molar-refractivity contribution in [2.45, 2.75) is 19.3 Å². The Balaban J connectivity index is 1.23. The van der Waals surface area contributed by atoms with Gasteiger partial charge in [0.1, 0.15) is 0 Å². The van der Waals surface area contributed by atoms with Gasteiger partial charge in [-0.25, -0.2) is 5.01 Å². The Morgan fingerprint density at radius 3 is 2.83 bits per heavy atom. The average molecular weight is 410 g/mol. The molecule has 0 aliphatic carbocycles. The van der Waals surface area contributed by atoms with Crippen molar-refractivity contribution in [3.8, 4) is 10.7 Å². The third-order valence-corrected chi connectivity index (χ3v) is 5.17. The number of nitrogens with zero attached hydrogens (tertiary/aromatic N) is 4. The molecule has 0 N–H and O–H groups in total. The highest BCUT2D eigenvalue weighted by atomic mass is 32.1. The molecule has 0 atom stereocenters. The Bertz CT molecular complexity index is 1010. The summed E-state index contributed by atoms with van der Waals surface area (Å²) in [5, 5.41) is 11.5. The number of hydrogen-bond donors (Lipinski definition) is 0. The Hall–Kier alpha value is -3.33. The standard InChI is InChI=1S/C20H18N4O4S/c25-18(24-11-10-15(22-24)14-5-2-1-3-6-14)13-27-19(26)9-8-17-21-20(23-28-17)16-7-4-12-29-16/h1-7,12H,8-11,13H2. The Kier molecular flexibility index (Phi) is 5.76. The maximum Gasteiger partial charge on any atom is 0.306 e. The lowest BCUT2D eigenvalue weighted by atomic mass is 10.1. The molecule has 1 aromatic carbocycles. The van der Waals surface area contributed by atoms with Crippen molar-refractivity contribution in [2.24, 2.45) is 5.10 Å². The lowest BCUT2D eigenvalue weighted by Crippen LogP contribution is -2.28. The summed E-state index contributed by atoms with van der Waals surface area (Å²) in [6.45, 7) is 0.142. The van der Waals surface area contributed by atoms with Crippen LogP contribution in [0.15, 0.2) is 57.5 Å². The first-order valence-electron chi connectivity index (χ1n) is 9.14. The number of aromatic nitrogens is 2. The molecule has 0 radical (unpaired) electrons. The van der Waals surface area contributed by atoms with Crippen molar-refractivity contribution in [2.75, 3.05) is 13.2 Å². The summed E-state index contributed by atoms with van der Waals surface area (Å²) in [4.78, 5) is 29.3. The highest BCUT2D eigenvalue weighted by Crippen LogP contribution is 2.21. The highest BCUT2D eigenvalue weighted by Gasteiger charge is 2.22. The van der Waals surface area contributed by atoms with Gasteiger partial charge in [-0.1, -0.05) is 41.6 Å². The van der Waals surface area contributed by atoms with Crippen molar-refractivity contribution in [1.29, 1.82) is 0 Å². The number of ether oxygens (including phenoxy) is 1. The maximum atomic E-state index is 12.2. The minimum absolute atomic E-state index is 0.0535. The van der Waals surface area contributed by atoms with Gasteiger partial charge in [0.2, 0.25) is 11.7 Å². The predicted molar refractivity (Wildman–Crippen MR) is 106 cm³/mol. The molecule has 29 heavy (non-hydrogen) atoms. The number of aryl methyl sites for hydroxylation is 1. The van der Waals surface area contributed by atoms with Gasteiger partial charge in [0.25, 0.3) is 5.91 Å². The smallest absolute Gasteiger partial charge is 0.306 e. The van der Waals surface area contributed by atoms with Gasteiger partial charge >= 0.3 is 5.97 Å². The minimum atomic E-state index is -0.499. The fourth-order valence-corrected chi connectivity index (χ4v) is 3.48. The maximum absolute atomic E-state index is 12.2. The normalized spacial score (nSPS) is 13.4. The molecule has 1 aliphatic rings. The first-order valence-corrected chi connectivity index (χ1v) is 10.0. The molecule has 148 valence electrons. The molecular weight excluding hydrogens is 392 g/mol. The molecule has 3 heterocycles. The topological polar surface area (TPSA) is 97.9 Å². The molecule has 0 unspecified atom stereocenters. The van der Waals surface area contributed by atoms with E-state index in [1.807, 2.05) is 47.8 Å². The summed E-state index contributed by atoms with van der Waals surface area (Å²) in [6.07, 6.45) is 0.983. The summed E-state index contributed by atoms with van der Waals surface area (Å²) in [6, 6.07) is 13.5. The summed E-state index contributed by atoms with van der Waals surface area (Å²) >= 11 is 1.51. The van der Waals surface area contributed by atoms with Crippen LogP contribution in [0.3, 0.4) is 0 Å². The molecule has 0 bridgehead atoms. The first kappa shape index (κ1) is 19.0. The van der Waals surface area contributed by atoms with Gasteiger partial charge in [0.05, 0.1) is 23.6 Å². The Labute approximate surface area is 170 Å². The summed E-state index contributed by atoms with van der Waals surface area (Å²) < 4.78 is 10.2. The molecule has 0 spiro atoms. The lowest BCUT2D eigenvalue weighted by molar-refractivity contribution is -0.151. The number of esters is 1. The van der Waals surface area contributed by atoms with Gasteiger partial charge in [0.15, 0.2) is 6.61 Å². The number of benzene rings is 1. The van der Waals surface area contributed by atoms with E-state index in [2.05, 4.69) is 15.2 Å². The number of hydrogen-bond acceptors (Lipinski definition) is 8. The van der Waals surface area contributed by atoms with E-state index in [0.717, 1.165) is 16.2 Å². The molecule has 0 saturated heterocycles. The number of amides is 1. The van der Waals surface area contributed by atoms with E-state index in [0.29, 0.717) is 24.7 Å². The van der Waals surface area contributed by atoms with Gasteiger partial charge < -0.3 is 9.26 Å². The van der Waals surface area contributed by atoms with Crippen LogP contribution in [0.4, 0.5) is 0 Å². The van der Waals surface area contributed by atoms with Crippen LogP contribution >= 0.6 is 11.3 Å². The van der Waals surface area contributed by atoms with Crippen molar-refractivity contribution in [3.05, 3.63) is 59.3 Å². The fourth-order valence-electron chi connectivity index (χ4n) is 2.83. The van der Waals surface area contributed by atoms with E-state index in [1.165, 1.54) is 16.3 Å². The first-order chi connectivity index (χ1) is 14.2. The summed E-state index contributed by atoms with van der Waals surface area (Å²) in [5.74, 6) is 0.00992. The van der Waals surface area contributed by atoms with Crippen molar-refractivity contribution in [3.63, 3.8) is 0 Å². The Morgan fingerprint density at radius 2 is 2.03 bits per heavy atom. The van der Waals surface area contributed by atoms with Crippen LogP contribution in [-0.4, -0.2) is 45.9 Å². The van der Waals surface area contributed by atoms with Gasteiger partial charge in [0, 0.05) is 12.8 Å². The number of carbonyl (C=O) groups excluding carboxylic acids is 2. The number of carbonyl (C=O) groups is 2. The van der Waals surface area contributed by atoms with E-state index < -0.39 is 5.97 Å². The zero-order valence-electron chi connectivity index (χ0n) is 15.5. The molecule has 3 aromatic rings. The minimum Gasteiger partial charge on any atom is -0.455 e. The van der Waals surface area contributed by atoms with E-state index >= 15 is 0 Å². The largest absolute Gasteiger partial charge is 0.455 e. The monoisotopic (exact) mass is 410 g/mol. The zero-order chi connectivity index (χ0) is 20.1. The van der Waals surface area contributed by atoms with E-state index in [9.17, 15) is 9.59 Å². The van der Waals surface area contributed by atoms with E-state index in [1.54, 1.807) is 0 Å². The van der Waals surface area contributed by atoms with Crippen LogP contribution in [0.25, 0.3) is 10.7 Å². The highest BCUT2D eigenvalue weighted by molar-refractivity contribution is 7.13. The fraction of sp³-hybridized carbons (Fsp3) is 0.250. The molecule has 0 saturated carbocycles. The van der Waals surface area contributed by atoms with Gasteiger partial charge in [-0.05, 0) is 17.0 Å². The number of hydrazone groups is 1. The molecule has 1 amide bonds. The summed E-state index contributed by atoms with van der Waals surface area (Å²) in [5.41, 5.74) is 1.84. The average Bonchev–Trinajstić information content (AvgIpc) is 3.52. The van der Waals surface area contributed by atoms with Crippen LogP contribution in [0.2, 0.25) is 0 Å². The van der Waals surface area contributed by atoms with Crippen molar-refractivity contribution in [1.82, 2.24) is 15.1 Å². The summed E-state index contributed by atoms with van der Waals surface area (Å²) in [7, 11) is 0. The lowest BCUT2D eigenvalue weighted by Gasteiger charge is -2.11. The molecule has 9 heteroatoms. The Morgan fingerprint density at radius 1 is 1.17 bits per heavy atom. The molecule has 8 nitrogen and oxygen atoms in total. The third-order valence-electron chi connectivity index (χ3n) is 4.31. The SMILES string of the molecule is O=C(CCc1nc(-c2cccs2)no1)OCC(=O)N1CCC(c2ccccc2)=N1. The number of rotatable bonds is 7.